The minimum Gasteiger partial charge on any atom is -0.456 e. The first-order valence-electron chi connectivity index (χ1n) is 7.58. The van der Waals surface area contributed by atoms with E-state index in [2.05, 4.69) is 19.2 Å². The van der Waals surface area contributed by atoms with Crippen molar-refractivity contribution in [2.45, 2.75) is 45.3 Å². The van der Waals surface area contributed by atoms with Crippen molar-refractivity contribution in [1.29, 1.82) is 0 Å². The molecule has 0 bridgehead atoms. The molecular formula is C17H24FNO2. The molecule has 0 radical (unpaired) electrons. The lowest BCUT2D eigenvalue weighted by Crippen LogP contribution is -2.44. The van der Waals surface area contributed by atoms with Gasteiger partial charge in [0.2, 0.25) is 0 Å². The van der Waals surface area contributed by atoms with E-state index in [1.54, 1.807) is 13.2 Å². The van der Waals surface area contributed by atoms with Crippen LogP contribution >= 0.6 is 0 Å². The van der Waals surface area contributed by atoms with E-state index in [-0.39, 0.29) is 17.5 Å². The maximum Gasteiger partial charge on any atom is 0.169 e. The first kappa shape index (κ1) is 16.0. The van der Waals surface area contributed by atoms with Gasteiger partial charge in [-0.15, -0.1) is 0 Å². The SMILES string of the molecule is CCNC(c1cc2cccc(F)c2o1)C(CC)(CC)OC. The Bertz CT molecular complexity index is 581. The molecule has 2 aromatic rings. The lowest BCUT2D eigenvalue weighted by molar-refractivity contribution is -0.0529. The Labute approximate surface area is 125 Å². The molecule has 21 heavy (non-hydrogen) atoms. The average molecular weight is 293 g/mol. The fourth-order valence-corrected chi connectivity index (χ4v) is 3.00. The molecular weight excluding hydrogens is 269 g/mol. The minimum atomic E-state index is -0.361. The normalized spacial score (nSPS) is 13.8. The van der Waals surface area contributed by atoms with Gasteiger partial charge in [0.1, 0.15) is 5.76 Å². The highest BCUT2D eigenvalue weighted by molar-refractivity contribution is 5.78. The summed E-state index contributed by atoms with van der Waals surface area (Å²) in [5.41, 5.74) is -0.0481. The number of likely N-dealkylation sites (N-methyl/N-ethyl adjacent to an activating group) is 1. The Morgan fingerprint density at radius 2 is 2.00 bits per heavy atom. The van der Waals surface area contributed by atoms with Crippen LogP contribution in [-0.4, -0.2) is 19.3 Å². The Hall–Kier alpha value is -1.39. The molecule has 2 rings (SSSR count). The van der Waals surface area contributed by atoms with Gasteiger partial charge < -0.3 is 14.5 Å². The summed E-state index contributed by atoms with van der Waals surface area (Å²) in [4.78, 5) is 0. The van der Waals surface area contributed by atoms with Crippen molar-refractivity contribution in [2.75, 3.05) is 13.7 Å². The highest BCUT2D eigenvalue weighted by Gasteiger charge is 2.38. The van der Waals surface area contributed by atoms with Crippen molar-refractivity contribution >= 4 is 11.0 Å². The summed E-state index contributed by atoms with van der Waals surface area (Å²) < 4.78 is 25.5. The Balaban J connectivity index is 2.51. The quantitative estimate of drug-likeness (QED) is 0.820. The predicted molar refractivity (Wildman–Crippen MR) is 82.9 cm³/mol. The molecule has 3 nitrogen and oxygen atoms in total. The third-order valence-electron chi connectivity index (χ3n) is 4.34. The van der Waals surface area contributed by atoms with Crippen LogP contribution in [0.2, 0.25) is 0 Å². The van der Waals surface area contributed by atoms with Crippen LogP contribution < -0.4 is 5.32 Å². The topological polar surface area (TPSA) is 34.4 Å². The predicted octanol–water partition coefficient (Wildman–Crippen LogP) is 4.43. The summed E-state index contributed by atoms with van der Waals surface area (Å²) in [5.74, 6) is 0.396. The number of para-hydroxylation sites is 1. The molecule has 0 aliphatic rings. The monoisotopic (exact) mass is 293 g/mol. The van der Waals surface area contributed by atoms with E-state index in [1.807, 2.05) is 19.1 Å². The Kier molecular flexibility index (Phi) is 5.01. The maximum absolute atomic E-state index is 13.8. The minimum absolute atomic E-state index is 0.103. The highest BCUT2D eigenvalue weighted by Crippen LogP contribution is 2.37. The third-order valence-corrected chi connectivity index (χ3v) is 4.34. The van der Waals surface area contributed by atoms with Gasteiger partial charge in [-0.3, -0.25) is 0 Å². The standard InChI is InChI=1S/C17H24FNO2/c1-5-17(6-2,20-4)16(19-7-3)14-11-12-9-8-10-13(18)15(12)21-14/h8-11,16,19H,5-7H2,1-4H3. The Morgan fingerprint density at radius 1 is 1.29 bits per heavy atom. The number of nitrogens with one attached hydrogen (secondary N) is 1. The van der Waals surface area contributed by atoms with Crippen LogP contribution in [0.5, 0.6) is 0 Å². The van der Waals surface area contributed by atoms with Crippen LogP contribution in [0.15, 0.2) is 28.7 Å². The summed E-state index contributed by atoms with van der Waals surface area (Å²) in [7, 11) is 1.72. The summed E-state index contributed by atoms with van der Waals surface area (Å²) in [6.07, 6.45) is 1.69. The van der Waals surface area contributed by atoms with Crippen LogP contribution in [0.3, 0.4) is 0 Å². The van der Waals surface area contributed by atoms with E-state index in [4.69, 9.17) is 9.15 Å². The number of fused-ring (bicyclic) bond motifs is 1. The second-order valence-corrected chi connectivity index (χ2v) is 5.27. The molecule has 116 valence electrons. The molecule has 0 saturated heterocycles. The van der Waals surface area contributed by atoms with Gasteiger partial charge in [0.25, 0.3) is 0 Å². The van der Waals surface area contributed by atoms with E-state index in [0.717, 1.165) is 30.5 Å². The van der Waals surface area contributed by atoms with Gasteiger partial charge in [-0.2, -0.15) is 0 Å². The highest BCUT2D eigenvalue weighted by atomic mass is 19.1. The van der Waals surface area contributed by atoms with Crippen LogP contribution in [0.25, 0.3) is 11.0 Å². The molecule has 1 heterocycles. The molecule has 1 aromatic heterocycles. The van der Waals surface area contributed by atoms with Crippen molar-refractivity contribution in [2.24, 2.45) is 0 Å². The zero-order chi connectivity index (χ0) is 15.5. The largest absolute Gasteiger partial charge is 0.456 e. The van der Waals surface area contributed by atoms with Crippen molar-refractivity contribution in [1.82, 2.24) is 5.32 Å². The van der Waals surface area contributed by atoms with E-state index >= 15 is 0 Å². The van der Waals surface area contributed by atoms with Gasteiger partial charge in [0.15, 0.2) is 11.4 Å². The summed E-state index contributed by atoms with van der Waals surface area (Å²) in [5, 5.41) is 4.21. The van der Waals surface area contributed by atoms with Crippen molar-refractivity contribution in [3.63, 3.8) is 0 Å². The first-order chi connectivity index (χ1) is 10.1. The summed E-state index contributed by atoms with van der Waals surface area (Å²) in [6, 6.07) is 6.78. The van der Waals surface area contributed by atoms with E-state index in [1.165, 1.54) is 6.07 Å². The smallest absolute Gasteiger partial charge is 0.169 e. The number of furan rings is 1. The molecule has 0 saturated carbocycles. The molecule has 0 aliphatic heterocycles. The maximum atomic E-state index is 13.8. The Morgan fingerprint density at radius 3 is 2.52 bits per heavy atom. The zero-order valence-corrected chi connectivity index (χ0v) is 13.2. The van der Waals surface area contributed by atoms with Crippen LogP contribution in [0, 0.1) is 5.82 Å². The molecule has 0 amide bonds. The van der Waals surface area contributed by atoms with Crippen molar-refractivity contribution in [3.8, 4) is 0 Å². The zero-order valence-electron chi connectivity index (χ0n) is 13.2. The van der Waals surface area contributed by atoms with Crippen molar-refractivity contribution in [3.05, 3.63) is 35.8 Å². The van der Waals surface area contributed by atoms with E-state index in [0.29, 0.717) is 5.58 Å². The second-order valence-electron chi connectivity index (χ2n) is 5.27. The molecule has 0 aliphatic carbocycles. The number of methoxy groups -OCH3 is 1. The van der Waals surface area contributed by atoms with Gasteiger partial charge >= 0.3 is 0 Å². The fourth-order valence-electron chi connectivity index (χ4n) is 3.00. The number of rotatable bonds is 7. The van der Waals surface area contributed by atoms with Gasteiger partial charge in [0.05, 0.1) is 11.6 Å². The average Bonchev–Trinajstić information content (AvgIpc) is 2.93. The molecule has 1 unspecified atom stereocenters. The van der Waals surface area contributed by atoms with Gasteiger partial charge in [-0.05, 0) is 31.5 Å². The molecule has 1 N–H and O–H groups in total. The summed E-state index contributed by atoms with van der Waals surface area (Å²) >= 11 is 0. The molecule has 0 fully saturated rings. The molecule has 1 aromatic carbocycles. The fraction of sp³-hybridized carbons (Fsp3) is 0.529. The number of benzene rings is 1. The number of ether oxygens (including phenoxy) is 1. The van der Waals surface area contributed by atoms with Gasteiger partial charge in [-0.1, -0.05) is 32.9 Å². The van der Waals surface area contributed by atoms with Gasteiger partial charge in [0, 0.05) is 12.5 Å². The molecule has 4 heteroatoms. The number of hydrogen-bond donors (Lipinski definition) is 1. The van der Waals surface area contributed by atoms with Crippen LogP contribution in [-0.2, 0) is 4.74 Å². The van der Waals surface area contributed by atoms with E-state index in [9.17, 15) is 4.39 Å². The van der Waals surface area contributed by atoms with Gasteiger partial charge in [-0.25, -0.2) is 4.39 Å². The van der Waals surface area contributed by atoms with Crippen molar-refractivity contribution < 1.29 is 13.5 Å². The van der Waals surface area contributed by atoms with Crippen LogP contribution in [0.4, 0.5) is 4.39 Å². The molecule has 0 spiro atoms. The second kappa shape index (κ2) is 6.58. The number of hydrogen-bond acceptors (Lipinski definition) is 3. The number of halogens is 1. The van der Waals surface area contributed by atoms with E-state index < -0.39 is 0 Å². The summed E-state index contributed by atoms with van der Waals surface area (Å²) in [6.45, 7) is 7.03. The van der Waals surface area contributed by atoms with Crippen LogP contribution in [0.1, 0.15) is 45.4 Å². The lowest BCUT2D eigenvalue weighted by Gasteiger charge is -2.37. The lowest BCUT2D eigenvalue weighted by atomic mass is 9.86. The first-order valence-corrected chi connectivity index (χ1v) is 7.58. The third kappa shape index (κ3) is 2.83. The molecule has 1 atom stereocenters.